The summed E-state index contributed by atoms with van der Waals surface area (Å²) in [6.07, 6.45) is 3.59. The zero-order valence-corrected chi connectivity index (χ0v) is 10.6. The van der Waals surface area contributed by atoms with Crippen LogP contribution < -0.4 is 10.8 Å². The predicted octanol–water partition coefficient (Wildman–Crippen LogP) is 2.49. The van der Waals surface area contributed by atoms with Crippen molar-refractivity contribution in [2.75, 3.05) is 24.6 Å². The first-order valence-electron chi connectivity index (χ1n) is 6.43. The van der Waals surface area contributed by atoms with Gasteiger partial charge in [0.15, 0.2) is 0 Å². The topological polar surface area (TPSA) is 38.5 Å². The summed E-state index contributed by atoms with van der Waals surface area (Å²) in [7, 11) is 0. The van der Waals surface area contributed by atoms with Gasteiger partial charge in [0.1, 0.15) is 0 Å². The van der Waals surface area contributed by atoms with Crippen LogP contribution >= 0.6 is 0 Å². The third-order valence-corrected chi connectivity index (χ3v) is 3.71. The second-order valence-corrected chi connectivity index (χ2v) is 4.88. The van der Waals surface area contributed by atoms with E-state index in [1.165, 1.54) is 24.1 Å². The number of rotatable bonds is 4. The molecular formula is C14H22N2O. The molecule has 2 rings (SSSR count). The van der Waals surface area contributed by atoms with Crippen LogP contribution in [-0.2, 0) is 4.84 Å². The van der Waals surface area contributed by atoms with Crippen molar-refractivity contribution in [3.8, 4) is 0 Å². The van der Waals surface area contributed by atoms with Crippen LogP contribution in [0.3, 0.4) is 0 Å². The molecule has 1 aromatic carbocycles. The monoisotopic (exact) mass is 234 g/mol. The van der Waals surface area contributed by atoms with Crippen molar-refractivity contribution in [2.45, 2.75) is 26.2 Å². The van der Waals surface area contributed by atoms with E-state index >= 15 is 0 Å². The third-order valence-electron chi connectivity index (χ3n) is 3.71. The van der Waals surface area contributed by atoms with Crippen LogP contribution in [0, 0.1) is 12.8 Å². The fourth-order valence-corrected chi connectivity index (χ4v) is 2.62. The average molecular weight is 234 g/mol. The van der Waals surface area contributed by atoms with Crippen molar-refractivity contribution in [3.63, 3.8) is 0 Å². The highest BCUT2D eigenvalue weighted by Gasteiger charge is 2.19. The molecule has 2 N–H and O–H groups in total. The second-order valence-electron chi connectivity index (χ2n) is 4.88. The van der Waals surface area contributed by atoms with Crippen LogP contribution in [0.15, 0.2) is 24.3 Å². The summed E-state index contributed by atoms with van der Waals surface area (Å²) in [5.74, 6) is 5.85. The number of para-hydroxylation sites is 1. The first kappa shape index (κ1) is 12.4. The molecule has 94 valence electrons. The Bertz CT molecular complexity index is 346. The predicted molar refractivity (Wildman–Crippen MR) is 70.9 cm³/mol. The van der Waals surface area contributed by atoms with E-state index in [0.717, 1.165) is 25.4 Å². The molecule has 0 unspecified atom stereocenters. The molecule has 0 aliphatic carbocycles. The number of hydrogen-bond donors (Lipinski definition) is 1. The van der Waals surface area contributed by atoms with Crippen LogP contribution in [0.2, 0.25) is 0 Å². The molecular weight excluding hydrogens is 212 g/mol. The average Bonchev–Trinajstić information content (AvgIpc) is 2.38. The number of anilines is 1. The van der Waals surface area contributed by atoms with E-state index in [4.69, 9.17) is 5.90 Å². The Labute approximate surface area is 104 Å². The Hall–Kier alpha value is -1.06. The highest BCUT2D eigenvalue weighted by atomic mass is 16.6. The van der Waals surface area contributed by atoms with E-state index in [1.807, 2.05) is 0 Å². The highest BCUT2D eigenvalue weighted by Crippen LogP contribution is 2.27. The maximum atomic E-state index is 5.07. The largest absolute Gasteiger partial charge is 0.371 e. The summed E-state index contributed by atoms with van der Waals surface area (Å²) in [6, 6.07) is 8.63. The summed E-state index contributed by atoms with van der Waals surface area (Å²) in [5.41, 5.74) is 2.76. The van der Waals surface area contributed by atoms with Crippen LogP contribution in [-0.4, -0.2) is 19.7 Å². The number of piperidine rings is 1. The molecule has 1 heterocycles. The molecule has 17 heavy (non-hydrogen) atoms. The number of benzene rings is 1. The lowest BCUT2D eigenvalue weighted by molar-refractivity contribution is 0.118. The number of nitrogens with zero attached hydrogens (tertiary/aromatic N) is 1. The van der Waals surface area contributed by atoms with Gasteiger partial charge in [0, 0.05) is 18.8 Å². The highest BCUT2D eigenvalue weighted by molar-refractivity contribution is 5.53. The molecule has 0 saturated carbocycles. The molecule has 0 radical (unpaired) electrons. The molecule has 0 atom stereocenters. The molecule has 1 saturated heterocycles. The van der Waals surface area contributed by atoms with Gasteiger partial charge < -0.3 is 9.74 Å². The van der Waals surface area contributed by atoms with Crippen molar-refractivity contribution in [3.05, 3.63) is 29.8 Å². The lowest BCUT2D eigenvalue weighted by Gasteiger charge is -2.34. The van der Waals surface area contributed by atoms with E-state index < -0.39 is 0 Å². The SMILES string of the molecule is Cc1ccccc1N1CCC(CCON)CC1. The van der Waals surface area contributed by atoms with Gasteiger partial charge in [0.05, 0.1) is 6.61 Å². The van der Waals surface area contributed by atoms with Crippen molar-refractivity contribution in [1.82, 2.24) is 0 Å². The summed E-state index contributed by atoms with van der Waals surface area (Å²) in [4.78, 5) is 7.16. The minimum atomic E-state index is 0.690. The molecule has 0 aromatic heterocycles. The van der Waals surface area contributed by atoms with Crippen LogP contribution in [0.5, 0.6) is 0 Å². The first-order chi connectivity index (χ1) is 8.31. The van der Waals surface area contributed by atoms with Crippen LogP contribution in [0.4, 0.5) is 5.69 Å². The minimum Gasteiger partial charge on any atom is -0.371 e. The Morgan fingerprint density at radius 1 is 1.29 bits per heavy atom. The fraction of sp³-hybridized carbons (Fsp3) is 0.571. The fourth-order valence-electron chi connectivity index (χ4n) is 2.62. The lowest BCUT2D eigenvalue weighted by atomic mass is 9.93. The quantitative estimate of drug-likeness (QED) is 0.813. The summed E-state index contributed by atoms with van der Waals surface area (Å²) in [5, 5.41) is 0. The zero-order chi connectivity index (χ0) is 12.1. The first-order valence-corrected chi connectivity index (χ1v) is 6.43. The van der Waals surface area contributed by atoms with E-state index in [2.05, 4.69) is 40.9 Å². The van der Waals surface area contributed by atoms with Crippen LogP contribution in [0.25, 0.3) is 0 Å². The molecule has 3 heteroatoms. The number of aryl methyl sites for hydroxylation is 1. The Morgan fingerprint density at radius 3 is 2.65 bits per heavy atom. The molecule has 3 nitrogen and oxygen atoms in total. The van der Waals surface area contributed by atoms with Crippen LogP contribution in [0.1, 0.15) is 24.8 Å². The van der Waals surface area contributed by atoms with Crippen molar-refractivity contribution in [1.29, 1.82) is 0 Å². The van der Waals surface area contributed by atoms with Gasteiger partial charge in [0.25, 0.3) is 0 Å². The molecule has 0 bridgehead atoms. The molecule has 1 aliphatic rings. The summed E-state index contributed by atoms with van der Waals surface area (Å²) in [6.45, 7) is 5.18. The third kappa shape index (κ3) is 3.20. The Balaban J connectivity index is 1.89. The molecule has 0 spiro atoms. The maximum Gasteiger partial charge on any atom is 0.0681 e. The Morgan fingerprint density at radius 2 is 2.00 bits per heavy atom. The van der Waals surface area contributed by atoms with Gasteiger partial charge in [-0.2, -0.15) is 0 Å². The minimum absolute atomic E-state index is 0.690. The summed E-state index contributed by atoms with van der Waals surface area (Å²) < 4.78 is 0. The zero-order valence-electron chi connectivity index (χ0n) is 10.6. The van der Waals surface area contributed by atoms with E-state index in [9.17, 15) is 0 Å². The van der Waals surface area contributed by atoms with Gasteiger partial charge in [-0.25, -0.2) is 5.90 Å². The molecule has 1 fully saturated rings. The number of nitrogens with two attached hydrogens (primary N) is 1. The normalized spacial score (nSPS) is 17.4. The van der Waals surface area contributed by atoms with Gasteiger partial charge in [-0.15, -0.1) is 0 Å². The van der Waals surface area contributed by atoms with Gasteiger partial charge in [-0.05, 0) is 43.7 Å². The second kappa shape index (κ2) is 6.03. The molecule has 1 aromatic rings. The van der Waals surface area contributed by atoms with Gasteiger partial charge in [-0.3, -0.25) is 0 Å². The van der Waals surface area contributed by atoms with Crippen molar-refractivity contribution >= 4 is 5.69 Å². The Kier molecular flexibility index (Phi) is 4.40. The summed E-state index contributed by atoms with van der Waals surface area (Å²) >= 11 is 0. The number of hydrogen-bond acceptors (Lipinski definition) is 3. The maximum absolute atomic E-state index is 5.07. The van der Waals surface area contributed by atoms with E-state index in [-0.39, 0.29) is 0 Å². The van der Waals surface area contributed by atoms with E-state index in [1.54, 1.807) is 0 Å². The lowest BCUT2D eigenvalue weighted by Crippen LogP contribution is -2.34. The van der Waals surface area contributed by atoms with Crippen molar-refractivity contribution in [2.24, 2.45) is 11.8 Å². The molecule has 1 aliphatic heterocycles. The smallest absolute Gasteiger partial charge is 0.0681 e. The standard InChI is InChI=1S/C14H22N2O/c1-12-4-2-3-5-14(12)16-9-6-13(7-10-16)8-11-17-15/h2-5,13H,6-11,15H2,1H3. The van der Waals surface area contributed by atoms with Gasteiger partial charge in [-0.1, -0.05) is 18.2 Å². The molecule has 0 amide bonds. The van der Waals surface area contributed by atoms with Gasteiger partial charge >= 0.3 is 0 Å². The van der Waals surface area contributed by atoms with E-state index in [0.29, 0.717) is 6.61 Å². The van der Waals surface area contributed by atoms with Crippen molar-refractivity contribution < 1.29 is 4.84 Å². The van der Waals surface area contributed by atoms with Gasteiger partial charge in [0.2, 0.25) is 0 Å².